The third-order valence-corrected chi connectivity index (χ3v) is 4.08. The average molecular weight is 335 g/mol. The van der Waals surface area contributed by atoms with Crippen molar-refractivity contribution in [1.82, 2.24) is 19.7 Å². The first kappa shape index (κ1) is 15.9. The summed E-state index contributed by atoms with van der Waals surface area (Å²) in [6.07, 6.45) is 9.04. The summed E-state index contributed by atoms with van der Waals surface area (Å²) in [4.78, 5) is 8.92. The predicted octanol–water partition coefficient (Wildman–Crippen LogP) is 2.83. The number of hydrogen-bond donors (Lipinski definition) is 0. The normalized spacial score (nSPS) is 15.4. The largest absolute Gasteiger partial charge is 0.353 e. The Balaban J connectivity index is 1.45. The first-order chi connectivity index (χ1) is 12.4. The topological polar surface area (TPSA) is 62.1 Å². The van der Waals surface area contributed by atoms with Gasteiger partial charge in [0.05, 0.1) is 25.1 Å². The van der Waals surface area contributed by atoms with Gasteiger partial charge in [-0.2, -0.15) is 5.10 Å². The minimum atomic E-state index is -0.125. The maximum atomic E-state index is 5.58. The third kappa shape index (κ3) is 3.92. The molecule has 1 saturated heterocycles. The van der Waals surface area contributed by atoms with Gasteiger partial charge in [0, 0.05) is 30.1 Å². The SMILES string of the molecule is [c]1cc(CCC2OCCCO2)nc(-c2ccc(-n3cccn3)cc2)n1. The lowest BCUT2D eigenvalue weighted by Gasteiger charge is -2.22. The van der Waals surface area contributed by atoms with Crippen molar-refractivity contribution in [2.75, 3.05) is 13.2 Å². The van der Waals surface area contributed by atoms with Crippen LogP contribution in [-0.2, 0) is 15.9 Å². The zero-order valence-electron chi connectivity index (χ0n) is 13.8. The molecule has 0 saturated carbocycles. The van der Waals surface area contributed by atoms with Gasteiger partial charge in [-0.25, -0.2) is 14.6 Å². The van der Waals surface area contributed by atoms with Crippen molar-refractivity contribution in [3.05, 3.63) is 60.7 Å². The van der Waals surface area contributed by atoms with Gasteiger partial charge >= 0.3 is 0 Å². The van der Waals surface area contributed by atoms with Gasteiger partial charge in [-0.3, -0.25) is 0 Å². The van der Waals surface area contributed by atoms with Gasteiger partial charge in [-0.15, -0.1) is 0 Å². The molecule has 1 radical (unpaired) electrons. The smallest absolute Gasteiger partial charge is 0.160 e. The second kappa shape index (κ2) is 7.55. The molecule has 0 atom stereocenters. The van der Waals surface area contributed by atoms with Crippen LogP contribution in [0.5, 0.6) is 0 Å². The summed E-state index contributed by atoms with van der Waals surface area (Å²) in [6.45, 7) is 1.54. The predicted molar refractivity (Wildman–Crippen MR) is 92.1 cm³/mol. The van der Waals surface area contributed by atoms with Gasteiger partial charge in [-0.1, -0.05) is 0 Å². The van der Waals surface area contributed by atoms with Crippen LogP contribution in [0.4, 0.5) is 0 Å². The lowest BCUT2D eigenvalue weighted by atomic mass is 10.1. The Morgan fingerprint density at radius 2 is 2.00 bits per heavy atom. The summed E-state index contributed by atoms with van der Waals surface area (Å²) in [5.74, 6) is 0.676. The number of ether oxygens (including phenoxy) is 2. The summed E-state index contributed by atoms with van der Waals surface area (Å²) in [5.41, 5.74) is 2.90. The van der Waals surface area contributed by atoms with Crippen molar-refractivity contribution >= 4 is 0 Å². The molecule has 1 aliphatic rings. The number of hydrogen-bond acceptors (Lipinski definition) is 5. The van der Waals surface area contributed by atoms with Gasteiger partial charge in [0.15, 0.2) is 12.1 Å². The van der Waals surface area contributed by atoms with E-state index in [1.807, 2.05) is 47.3 Å². The number of aryl methyl sites for hydroxylation is 1. The Bertz CT molecular complexity index is 797. The minimum Gasteiger partial charge on any atom is -0.353 e. The second-order valence-electron chi connectivity index (χ2n) is 5.87. The van der Waals surface area contributed by atoms with E-state index < -0.39 is 0 Å². The molecule has 6 heteroatoms. The van der Waals surface area contributed by atoms with Gasteiger partial charge in [0.25, 0.3) is 0 Å². The lowest BCUT2D eigenvalue weighted by molar-refractivity contribution is -0.180. The maximum Gasteiger partial charge on any atom is 0.160 e. The molecule has 127 valence electrons. The van der Waals surface area contributed by atoms with Crippen LogP contribution in [0.3, 0.4) is 0 Å². The van der Waals surface area contributed by atoms with E-state index in [4.69, 9.17) is 9.47 Å². The molecule has 1 fully saturated rings. The van der Waals surface area contributed by atoms with E-state index in [1.165, 1.54) is 0 Å². The molecule has 1 aromatic carbocycles. The summed E-state index contributed by atoms with van der Waals surface area (Å²) in [5, 5.41) is 4.23. The van der Waals surface area contributed by atoms with Crippen LogP contribution < -0.4 is 0 Å². The zero-order valence-corrected chi connectivity index (χ0v) is 13.8. The van der Waals surface area contributed by atoms with Crippen LogP contribution >= 0.6 is 0 Å². The van der Waals surface area contributed by atoms with Crippen LogP contribution in [0.2, 0.25) is 0 Å². The summed E-state index contributed by atoms with van der Waals surface area (Å²) in [6, 6.07) is 11.7. The molecule has 4 rings (SSSR count). The Labute approximate surface area is 146 Å². The molecular weight excluding hydrogens is 316 g/mol. The van der Waals surface area contributed by atoms with Crippen molar-refractivity contribution in [2.24, 2.45) is 0 Å². The zero-order chi connectivity index (χ0) is 16.9. The molecule has 3 heterocycles. The number of rotatable bonds is 5. The van der Waals surface area contributed by atoms with E-state index in [1.54, 1.807) is 6.20 Å². The molecule has 25 heavy (non-hydrogen) atoms. The number of nitrogens with zero attached hydrogens (tertiary/aromatic N) is 4. The highest BCUT2D eigenvalue weighted by atomic mass is 16.7. The highest BCUT2D eigenvalue weighted by Crippen LogP contribution is 2.18. The fraction of sp³-hybridized carbons (Fsp3) is 0.316. The van der Waals surface area contributed by atoms with Crippen LogP contribution in [0.25, 0.3) is 17.1 Å². The minimum absolute atomic E-state index is 0.125. The quantitative estimate of drug-likeness (QED) is 0.717. The molecule has 0 spiro atoms. The van der Waals surface area contributed by atoms with Crippen molar-refractivity contribution in [3.8, 4) is 17.1 Å². The Hall–Kier alpha value is -2.57. The van der Waals surface area contributed by atoms with Gasteiger partial charge in [0.2, 0.25) is 0 Å². The van der Waals surface area contributed by atoms with Crippen molar-refractivity contribution < 1.29 is 9.47 Å². The van der Waals surface area contributed by atoms with E-state index in [-0.39, 0.29) is 6.29 Å². The van der Waals surface area contributed by atoms with E-state index in [9.17, 15) is 0 Å². The number of benzene rings is 1. The van der Waals surface area contributed by atoms with Gasteiger partial charge in [0.1, 0.15) is 0 Å². The Morgan fingerprint density at radius 3 is 2.76 bits per heavy atom. The fourth-order valence-electron chi connectivity index (χ4n) is 2.77. The van der Waals surface area contributed by atoms with Gasteiger partial charge in [-0.05, 0) is 49.2 Å². The van der Waals surface area contributed by atoms with Crippen molar-refractivity contribution in [2.45, 2.75) is 25.6 Å². The Morgan fingerprint density at radius 1 is 1.16 bits per heavy atom. The molecule has 0 amide bonds. The molecule has 0 bridgehead atoms. The first-order valence-electron chi connectivity index (χ1n) is 8.46. The van der Waals surface area contributed by atoms with Crippen LogP contribution in [0.15, 0.2) is 48.8 Å². The van der Waals surface area contributed by atoms with Crippen molar-refractivity contribution in [3.63, 3.8) is 0 Å². The van der Waals surface area contributed by atoms with Crippen LogP contribution in [-0.4, -0.2) is 39.3 Å². The Kier molecular flexibility index (Phi) is 4.81. The van der Waals surface area contributed by atoms with Crippen molar-refractivity contribution in [1.29, 1.82) is 0 Å². The van der Waals surface area contributed by atoms with E-state index in [0.29, 0.717) is 5.82 Å². The standard InChI is InChI=1S/C19H19N4O2/c1-10-21-23(12-1)17-6-3-15(4-7-17)19-20-11-9-16(22-19)5-8-18-24-13-2-14-25-18/h1,3-4,6-7,9-10,12,18H,2,5,8,13-14H2. The molecule has 0 unspecified atom stereocenters. The maximum absolute atomic E-state index is 5.58. The molecule has 1 aliphatic heterocycles. The van der Waals surface area contributed by atoms with E-state index in [0.717, 1.165) is 49.4 Å². The monoisotopic (exact) mass is 335 g/mol. The summed E-state index contributed by atoms with van der Waals surface area (Å²) < 4.78 is 13.0. The molecule has 0 aliphatic carbocycles. The van der Waals surface area contributed by atoms with E-state index in [2.05, 4.69) is 21.3 Å². The van der Waals surface area contributed by atoms with E-state index >= 15 is 0 Å². The molecule has 6 nitrogen and oxygen atoms in total. The highest BCUT2D eigenvalue weighted by molar-refractivity contribution is 5.57. The van der Waals surface area contributed by atoms with Crippen LogP contribution in [0, 0.1) is 6.20 Å². The molecule has 2 aromatic heterocycles. The average Bonchev–Trinajstić information content (AvgIpc) is 3.22. The molecule has 3 aromatic rings. The molecule has 0 N–H and O–H groups in total. The fourth-order valence-corrected chi connectivity index (χ4v) is 2.77. The second-order valence-corrected chi connectivity index (χ2v) is 5.87. The third-order valence-electron chi connectivity index (χ3n) is 4.08. The lowest BCUT2D eigenvalue weighted by Crippen LogP contribution is -2.25. The van der Waals surface area contributed by atoms with Gasteiger partial charge < -0.3 is 9.47 Å². The highest BCUT2D eigenvalue weighted by Gasteiger charge is 2.14. The number of aromatic nitrogens is 4. The first-order valence-corrected chi connectivity index (χ1v) is 8.46. The van der Waals surface area contributed by atoms with Crippen LogP contribution in [0.1, 0.15) is 18.5 Å². The summed E-state index contributed by atoms with van der Waals surface area (Å²) >= 11 is 0. The molecular formula is C19H19N4O2. The summed E-state index contributed by atoms with van der Waals surface area (Å²) in [7, 11) is 0.